The van der Waals surface area contributed by atoms with E-state index in [1.807, 2.05) is 11.6 Å². The Labute approximate surface area is 138 Å². The first-order valence-electron chi connectivity index (χ1n) is 8.38. The zero-order chi connectivity index (χ0) is 16.2. The normalized spacial score (nSPS) is 18.0. The molecule has 1 unspecified atom stereocenters. The first-order chi connectivity index (χ1) is 11.2. The first-order valence-corrected chi connectivity index (χ1v) is 8.38. The van der Waals surface area contributed by atoms with E-state index in [1.165, 1.54) is 18.4 Å². The van der Waals surface area contributed by atoms with E-state index in [9.17, 15) is 0 Å². The van der Waals surface area contributed by atoms with Crippen LogP contribution < -0.4 is 4.74 Å². The minimum absolute atomic E-state index is 0.337. The summed E-state index contributed by atoms with van der Waals surface area (Å²) in [5.41, 5.74) is 1.41. The molecule has 1 saturated heterocycles. The Morgan fingerprint density at radius 2 is 1.91 bits per heavy atom. The van der Waals surface area contributed by atoms with Crippen LogP contribution in [0.15, 0.2) is 30.6 Å². The molecule has 0 N–H and O–H groups in total. The van der Waals surface area contributed by atoms with E-state index < -0.39 is 0 Å². The number of ether oxygens (including phenoxy) is 1. The van der Waals surface area contributed by atoms with E-state index in [1.54, 1.807) is 13.4 Å². The molecule has 124 valence electrons. The van der Waals surface area contributed by atoms with Crippen LogP contribution in [0.1, 0.15) is 37.2 Å². The SMILES string of the molecule is COc1ccc(CC2CCN(C(C)c3nncn3C)CC2)cc1. The van der Waals surface area contributed by atoms with Crippen molar-refractivity contribution in [3.05, 3.63) is 42.0 Å². The maximum absolute atomic E-state index is 5.22. The minimum atomic E-state index is 0.337. The van der Waals surface area contributed by atoms with Crippen molar-refractivity contribution >= 4 is 0 Å². The van der Waals surface area contributed by atoms with Gasteiger partial charge in [0.05, 0.1) is 13.2 Å². The van der Waals surface area contributed by atoms with E-state index in [-0.39, 0.29) is 0 Å². The molecule has 1 atom stereocenters. The monoisotopic (exact) mass is 314 g/mol. The van der Waals surface area contributed by atoms with Gasteiger partial charge >= 0.3 is 0 Å². The predicted molar refractivity (Wildman–Crippen MR) is 90.4 cm³/mol. The second-order valence-corrected chi connectivity index (χ2v) is 6.51. The van der Waals surface area contributed by atoms with Crippen molar-refractivity contribution in [2.45, 2.75) is 32.2 Å². The van der Waals surface area contributed by atoms with Crippen molar-refractivity contribution in [3.63, 3.8) is 0 Å². The molecular weight excluding hydrogens is 288 g/mol. The van der Waals surface area contributed by atoms with Gasteiger partial charge in [-0.05, 0) is 62.9 Å². The highest BCUT2D eigenvalue weighted by Gasteiger charge is 2.25. The van der Waals surface area contributed by atoms with Gasteiger partial charge in [-0.15, -0.1) is 10.2 Å². The number of methoxy groups -OCH3 is 1. The van der Waals surface area contributed by atoms with Gasteiger partial charge in [-0.25, -0.2) is 0 Å². The van der Waals surface area contributed by atoms with Gasteiger partial charge in [0, 0.05) is 7.05 Å². The molecule has 3 rings (SSSR count). The van der Waals surface area contributed by atoms with Crippen molar-refractivity contribution in [2.75, 3.05) is 20.2 Å². The number of piperidine rings is 1. The van der Waals surface area contributed by atoms with Crippen molar-refractivity contribution < 1.29 is 4.74 Å². The van der Waals surface area contributed by atoms with Crippen LogP contribution in [0.5, 0.6) is 5.75 Å². The summed E-state index contributed by atoms with van der Waals surface area (Å²) in [4.78, 5) is 2.52. The molecule has 5 heteroatoms. The maximum Gasteiger partial charge on any atom is 0.149 e. The third kappa shape index (κ3) is 3.72. The molecule has 0 aliphatic carbocycles. The largest absolute Gasteiger partial charge is 0.497 e. The van der Waals surface area contributed by atoms with Crippen LogP contribution >= 0.6 is 0 Å². The minimum Gasteiger partial charge on any atom is -0.497 e. The van der Waals surface area contributed by atoms with E-state index in [0.717, 1.165) is 37.0 Å². The molecule has 1 aromatic carbocycles. The number of aryl methyl sites for hydroxylation is 1. The Hall–Kier alpha value is -1.88. The smallest absolute Gasteiger partial charge is 0.149 e. The molecule has 0 bridgehead atoms. The molecule has 0 saturated carbocycles. The Kier molecular flexibility index (Phi) is 4.96. The molecule has 0 radical (unpaired) electrons. The molecule has 2 aromatic rings. The van der Waals surface area contributed by atoms with E-state index in [0.29, 0.717) is 6.04 Å². The van der Waals surface area contributed by atoms with Crippen molar-refractivity contribution in [1.82, 2.24) is 19.7 Å². The molecule has 5 nitrogen and oxygen atoms in total. The summed E-state index contributed by atoms with van der Waals surface area (Å²) in [5.74, 6) is 2.76. The Morgan fingerprint density at radius 1 is 1.22 bits per heavy atom. The van der Waals surface area contributed by atoms with E-state index >= 15 is 0 Å². The van der Waals surface area contributed by atoms with Crippen LogP contribution in [0, 0.1) is 5.92 Å². The van der Waals surface area contributed by atoms with Gasteiger partial charge in [0.15, 0.2) is 0 Å². The standard InChI is InChI=1S/C18H26N4O/c1-14(18-20-19-13-21(18)2)22-10-8-16(9-11-22)12-15-4-6-17(23-3)7-5-15/h4-7,13-14,16H,8-12H2,1-3H3. The molecule has 1 aromatic heterocycles. The molecule has 0 amide bonds. The summed E-state index contributed by atoms with van der Waals surface area (Å²) in [6.45, 7) is 4.50. The Morgan fingerprint density at radius 3 is 2.48 bits per heavy atom. The molecule has 23 heavy (non-hydrogen) atoms. The number of aromatic nitrogens is 3. The van der Waals surface area contributed by atoms with Crippen molar-refractivity contribution in [3.8, 4) is 5.75 Å². The number of hydrogen-bond acceptors (Lipinski definition) is 4. The fourth-order valence-electron chi connectivity index (χ4n) is 3.47. The van der Waals surface area contributed by atoms with Gasteiger partial charge in [0.2, 0.25) is 0 Å². The first kappa shape index (κ1) is 16.0. The molecule has 1 fully saturated rings. The number of benzene rings is 1. The second-order valence-electron chi connectivity index (χ2n) is 6.51. The lowest BCUT2D eigenvalue weighted by Gasteiger charge is -2.35. The fourth-order valence-corrected chi connectivity index (χ4v) is 3.47. The van der Waals surface area contributed by atoms with Gasteiger partial charge in [0.25, 0.3) is 0 Å². The lowest BCUT2D eigenvalue weighted by Crippen LogP contribution is -2.37. The Bertz CT molecular complexity index is 614. The highest BCUT2D eigenvalue weighted by molar-refractivity contribution is 5.27. The predicted octanol–water partition coefficient (Wildman–Crippen LogP) is 2.84. The average Bonchev–Trinajstić information content (AvgIpc) is 3.02. The Balaban J connectivity index is 1.52. The highest BCUT2D eigenvalue weighted by Crippen LogP contribution is 2.27. The van der Waals surface area contributed by atoms with Gasteiger partial charge < -0.3 is 9.30 Å². The number of hydrogen-bond donors (Lipinski definition) is 0. The molecular formula is C18H26N4O. The third-order valence-electron chi connectivity index (χ3n) is 5.00. The quantitative estimate of drug-likeness (QED) is 0.851. The summed E-state index contributed by atoms with van der Waals surface area (Å²) in [5, 5.41) is 8.25. The molecule has 2 heterocycles. The molecule has 1 aliphatic rings. The summed E-state index contributed by atoms with van der Waals surface area (Å²) >= 11 is 0. The van der Waals surface area contributed by atoms with E-state index in [2.05, 4.69) is 46.3 Å². The lowest BCUT2D eigenvalue weighted by atomic mass is 9.89. The van der Waals surface area contributed by atoms with Crippen LogP contribution in [0.4, 0.5) is 0 Å². The number of nitrogens with zero attached hydrogens (tertiary/aromatic N) is 4. The van der Waals surface area contributed by atoms with Gasteiger partial charge in [0.1, 0.15) is 17.9 Å². The van der Waals surface area contributed by atoms with E-state index in [4.69, 9.17) is 4.74 Å². The fraction of sp³-hybridized carbons (Fsp3) is 0.556. The van der Waals surface area contributed by atoms with Crippen molar-refractivity contribution in [2.24, 2.45) is 13.0 Å². The van der Waals surface area contributed by atoms with Crippen LogP contribution in [0.3, 0.4) is 0 Å². The molecule has 1 aliphatic heterocycles. The second kappa shape index (κ2) is 7.13. The summed E-state index contributed by atoms with van der Waals surface area (Å²) in [6.07, 6.45) is 5.43. The number of likely N-dealkylation sites (tertiary alicyclic amines) is 1. The van der Waals surface area contributed by atoms with Crippen LogP contribution in [-0.4, -0.2) is 39.9 Å². The maximum atomic E-state index is 5.22. The van der Waals surface area contributed by atoms with Crippen LogP contribution in [-0.2, 0) is 13.5 Å². The van der Waals surface area contributed by atoms with Gasteiger partial charge in [-0.3, -0.25) is 4.90 Å². The van der Waals surface area contributed by atoms with Crippen LogP contribution in [0.25, 0.3) is 0 Å². The highest BCUT2D eigenvalue weighted by atomic mass is 16.5. The summed E-state index contributed by atoms with van der Waals surface area (Å²) in [7, 11) is 3.73. The summed E-state index contributed by atoms with van der Waals surface area (Å²) in [6, 6.07) is 8.83. The van der Waals surface area contributed by atoms with Gasteiger partial charge in [-0.1, -0.05) is 12.1 Å². The van der Waals surface area contributed by atoms with Crippen LogP contribution in [0.2, 0.25) is 0 Å². The third-order valence-corrected chi connectivity index (χ3v) is 5.00. The molecule has 0 spiro atoms. The van der Waals surface area contributed by atoms with Gasteiger partial charge in [-0.2, -0.15) is 0 Å². The number of rotatable bonds is 5. The lowest BCUT2D eigenvalue weighted by molar-refractivity contribution is 0.134. The average molecular weight is 314 g/mol. The zero-order valence-corrected chi connectivity index (χ0v) is 14.3. The summed E-state index contributed by atoms with van der Waals surface area (Å²) < 4.78 is 7.25. The van der Waals surface area contributed by atoms with Crippen molar-refractivity contribution in [1.29, 1.82) is 0 Å². The topological polar surface area (TPSA) is 43.2 Å². The zero-order valence-electron chi connectivity index (χ0n) is 14.3.